The van der Waals surface area contributed by atoms with Crippen LogP contribution in [0.2, 0.25) is 0 Å². The number of benzene rings is 1. The fourth-order valence-electron chi connectivity index (χ4n) is 1.56. The van der Waals surface area contributed by atoms with Crippen molar-refractivity contribution >= 4 is 11.9 Å². The van der Waals surface area contributed by atoms with E-state index in [-0.39, 0.29) is 17.5 Å². The molecule has 0 aliphatic carbocycles. The van der Waals surface area contributed by atoms with Gasteiger partial charge in [0.2, 0.25) is 5.91 Å². The summed E-state index contributed by atoms with van der Waals surface area (Å²) >= 11 is 0. The third kappa shape index (κ3) is 5.12. The molecule has 1 aromatic carbocycles. The highest BCUT2D eigenvalue weighted by atomic mass is 16.4. The first-order valence-corrected chi connectivity index (χ1v) is 6.51. The van der Waals surface area contributed by atoms with E-state index in [1.807, 2.05) is 6.92 Å². The summed E-state index contributed by atoms with van der Waals surface area (Å²) in [4.78, 5) is 22.4. The number of carbonyl (C=O) groups is 2. The summed E-state index contributed by atoms with van der Waals surface area (Å²) in [7, 11) is 0. The Morgan fingerprint density at radius 1 is 1.16 bits per heavy atom. The molecule has 4 heteroatoms. The van der Waals surface area contributed by atoms with Crippen molar-refractivity contribution in [3.05, 3.63) is 35.4 Å². The number of carbonyl (C=O) groups excluding carboxylic acids is 1. The molecule has 0 aromatic heterocycles. The summed E-state index contributed by atoms with van der Waals surface area (Å²) in [6.07, 6.45) is 1.04. The Balaban J connectivity index is 2.44. The Labute approximate surface area is 113 Å². The number of nitrogens with one attached hydrogen (secondary N) is 1. The second-order valence-corrected chi connectivity index (χ2v) is 5.10. The van der Waals surface area contributed by atoms with Crippen molar-refractivity contribution < 1.29 is 14.7 Å². The number of carboxylic acids is 1. The van der Waals surface area contributed by atoms with Crippen LogP contribution in [-0.2, 0) is 11.2 Å². The van der Waals surface area contributed by atoms with Gasteiger partial charge in [-0.3, -0.25) is 4.79 Å². The van der Waals surface area contributed by atoms with E-state index in [4.69, 9.17) is 5.11 Å². The van der Waals surface area contributed by atoms with Crippen LogP contribution < -0.4 is 5.32 Å². The third-order valence-electron chi connectivity index (χ3n) is 3.23. The lowest BCUT2D eigenvalue weighted by Gasteiger charge is -2.17. The molecular formula is C15H21NO3. The zero-order valence-corrected chi connectivity index (χ0v) is 11.6. The number of carboxylic acid groups (broad SMARTS) is 1. The predicted molar refractivity (Wildman–Crippen MR) is 74.2 cm³/mol. The van der Waals surface area contributed by atoms with Gasteiger partial charge in [0.05, 0.1) is 5.56 Å². The van der Waals surface area contributed by atoms with Gasteiger partial charge in [0, 0.05) is 12.5 Å². The van der Waals surface area contributed by atoms with Gasteiger partial charge in [-0.15, -0.1) is 0 Å². The molecule has 1 unspecified atom stereocenters. The van der Waals surface area contributed by atoms with Crippen molar-refractivity contribution in [2.24, 2.45) is 5.92 Å². The van der Waals surface area contributed by atoms with Gasteiger partial charge in [0.25, 0.3) is 0 Å². The lowest BCUT2D eigenvalue weighted by Crippen LogP contribution is -2.36. The molecule has 1 aromatic rings. The number of amides is 1. The number of hydrogen-bond acceptors (Lipinski definition) is 2. The van der Waals surface area contributed by atoms with Gasteiger partial charge < -0.3 is 10.4 Å². The van der Waals surface area contributed by atoms with Crippen LogP contribution in [0.5, 0.6) is 0 Å². The maximum Gasteiger partial charge on any atom is 0.335 e. The van der Waals surface area contributed by atoms with E-state index in [0.717, 1.165) is 5.56 Å². The van der Waals surface area contributed by atoms with Crippen LogP contribution in [0.3, 0.4) is 0 Å². The molecular weight excluding hydrogens is 242 g/mol. The molecule has 0 saturated carbocycles. The smallest absolute Gasteiger partial charge is 0.335 e. The van der Waals surface area contributed by atoms with E-state index in [0.29, 0.717) is 18.8 Å². The van der Waals surface area contributed by atoms with Gasteiger partial charge >= 0.3 is 5.97 Å². The molecule has 19 heavy (non-hydrogen) atoms. The van der Waals surface area contributed by atoms with Crippen molar-refractivity contribution in [3.63, 3.8) is 0 Å². The fourth-order valence-corrected chi connectivity index (χ4v) is 1.56. The van der Waals surface area contributed by atoms with E-state index in [9.17, 15) is 9.59 Å². The minimum atomic E-state index is -0.935. The van der Waals surface area contributed by atoms with Crippen LogP contribution >= 0.6 is 0 Å². The number of aryl methyl sites for hydroxylation is 1. The average Bonchev–Trinajstić information content (AvgIpc) is 2.36. The second kappa shape index (κ2) is 6.92. The lowest BCUT2D eigenvalue weighted by atomic mass is 10.0. The Kier molecular flexibility index (Phi) is 5.55. The van der Waals surface area contributed by atoms with Gasteiger partial charge in [-0.05, 0) is 37.0 Å². The van der Waals surface area contributed by atoms with E-state index < -0.39 is 5.97 Å². The zero-order chi connectivity index (χ0) is 14.4. The molecule has 1 rings (SSSR count). The molecule has 2 N–H and O–H groups in total. The average molecular weight is 263 g/mol. The maximum absolute atomic E-state index is 11.7. The minimum Gasteiger partial charge on any atom is -0.478 e. The SMILES string of the molecule is CC(C)C(C)NC(=O)CCc1ccc(C(=O)O)cc1. The molecule has 4 nitrogen and oxygen atoms in total. The van der Waals surface area contributed by atoms with E-state index in [1.165, 1.54) is 0 Å². The van der Waals surface area contributed by atoms with Crippen LogP contribution in [0.15, 0.2) is 24.3 Å². The first kappa shape index (κ1) is 15.2. The van der Waals surface area contributed by atoms with Crippen molar-refractivity contribution in [1.82, 2.24) is 5.32 Å². The summed E-state index contributed by atoms with van der Waals surface area (Å²) in [5.41, 5.74) is 1.24. The molecule has 0 bridgehead atoms. The number of hydrogen-bond donors (Lipinski definition) is 2. The molecule has 0 spiro atoms. The van der Waals surface area contributed by atoms with Crippen LogP contribution in [0.1, 0.15) is 43.1 Å². The number of rotatable bonds is 6. The molecule has 0 heterocycles. The molecule has 0 saturated heterocycles. The fraction of sp³-hybridized carbons (Fsp3) is 0.467. The zero-order valence-electron chi connectivity index (χ0n) is 11.6. The highest BCUT2D eigenvalue weighted by Crippen LogP contribution is 2.07. The monoisotopic (exact) mass is 263 g/mol. The summed E-state index contributed by atoms with van der Waals surface area (Å²) in [5, 5.41) is 11.7. The lowest BCUT2D eigenvalue weighted by molar-refractivity contribution is -0.121. The summed E-state index contributed by atoms with van der Waals surface area (Å²) in [5.74, 6) is -0.489. The molecule has 1 amide bonds. The van der Waals surface area contributed by atoms with Crippen molar-refractivity contribution in [2.75, 3.05) is 0 Å². The summed E-state index contributed by atoms with van der Waals surface area (Å²) in [6, 6.07) is 6.80. The van der Waals surface area contributed by atoms with Crippen LogP contribution in [0, 0.1) is 5.92 Å². The minimum absolute atomic E-state index is 0.0310. The Morgan fingerprint density at radius 2 is 1.74 bits per heavy atom. The Hall–Kier alpha value is -1.84. The first-order chi connectivity index (χ1) is 8.90. The van der Waals surface area contributed by atoms with Gasteiger partial charge in [-0.2, -0.15) is 0 Å². The molecule has 0 radical (unpaired) electrons. The predicted octanol–water partition coefficient (Wildman–Crippen LogP) is 2.48. The van der Waals surface area contributed by atoms with Gasteiger partial charge in [-0.25, -0.2) is 4.79 Å². The van der Waals surface area contributed by atoms with Gasteiger partial charge in [0.15, 0.2) is 0 Å². The van der Waals surface area contributed by atoms with Crippen LogP contribution in [-0.4, -0.2) is 23.0 Å². The molecule has 104 valence electrons. The standard InChI is InChI=1S/C15H21NO3/c1-10(2)11(3)16-14(17)9-6-12-4-7-13(8-5-12)15(18)19/h4-5,7-8,10-11H,6,9H2,1-3H3,(H,16,17)(H,18,19). The molecule has 0 aliphatic rings. The van der Waals surface area contributed by atoms with Crippen LogP contribution in [0.25, 0.3) is 0 Å². The summed E-state index contributed by atoms with van der Waals surface area (Å²) < 4.78 is 0. The highest BCUT2D eigenvalue weighted by molar-refractivity contribution is 5.87. The topological polar surface area (TPSA) is 66.4 Å². The largest absolute Gasteiger partial charge is 0.478 e. The van der Waals surface area contributed by atoms with Crippen molar-refractivity contribution in [3.8, 4) is 0 Å². The van der Waals surface area contributed by atoms with Crippen molar-refractivity contribution in [2.45, 2.75) is 39.7 Å². The molecule has 0 aliphatic heterocycles. The highest BCUT2D eigenvalue weighted by Gasteiger charge is 2.10. The Morgan fingerprint density at radius 3 is 2.21 bits per heavy atom. The Bertz CT molecular complexity index is 437. The van der Waals surface area contributed by atoms with E-state index in [1.54, 1.807) is 24.3 Å². The third-order valence-corrected chi connectivity index (χ3v) is 3.23. The maximum atomic E-state index is 11.7. The summed E-state index contributed by atoms with van der Waals surface area (Å²) in [6.45, 7) is 6.12. The van der Waals surface area contributed by atoms with Gasteiger partial charge in [0.1, 0.15) is 0 Å². The molecule has 1 atom stereocenters. The normalized spacial score (nSPS) is 12.2. The number of aromatic carboxylic acids is 1. The quantitative estimate of drug-likeness (QED) is 0.828. The van der Waals surface area contributed by atoms with Crippen LogP contribution in [0.4, 0.5) is 0 Å². The van der Waals surface area contributed by atoms with Gasteiger partial charge in [-0.1, -0.05) is 26.0 Å². The molecule has 0 fully saturated rings. The first-order valence-electron chi connectivity index (χ1n) is 6.51. The van der Waals surface area contributed by atoms with E-state index >= 15 is 0 Å². The second-order valence-electron chi connectivity index (χ2n) is 5.10. The van der Waals surface area contributed by atoms with Crippen molar-refractivity contribution in [1.29, 1.82) is 0 Å². The van der Waals surface area contributed by atoms with E-state index in [2.05, 4.69) is 19.2 Å².